The minimum Gasteiger partial charge on any atom is -0.478 e. The van der Waals surface area contributed by atoms with Gasteiger partial charge in [0.25, 0.3) is 0 Å². The summed E-state index contributed by atoms with van der Waals surface area (Å²) in [4.78, 5) is 26.0. The topological polar surface area (TPSA) is 88.1 Å². The van der Waals surface area contributed by atoms with Gasteiger partial charge in [0, 0.05) is 18.3 Å². The van der Waals surface area contributed by atoms with Gasteiger partial charge in [0.1, 0.15) is 11.5 Å². The molecule has 10 heteroatoms. The highest BCUT2D eigenvalue weighted by atomic mass is 19.4. The van der Waals surface area contributed by atoms with Crippen LogP contribution in [0.15, 0.2) is 42.5 Å². The monoisotopic (exact) mass is 480 g/mol. The van der Waals surface area contributed by atoms with E-state index in [-0.39, 0.29) is 17.8 Å². The third-order valence-electron chi connectivity index (χ3n) is 5.67. The standard InChI is InChI=1S/C24H27F3N2O5/c1-4-29(22(32)28-16-8-11-18(12-9-16)33-24(25,26)27)17-10-13-19-15(14-17)6-5-7-20(19)34-23(2,3)21(30)31/h5-9,11-12,17H,4,10,13-14H2,1-3H3,(H,28,32)(H,30,31). The number of halogens is 3. The molecule has 1 aliphatic rings. The molecule has 0 heterocycles. The Morgan fingerprint density at radius 3 is 2.38 bits per heavy atom. The van der Waals surface area contributed by atoms with Gasteiger partial charge in [-0.25, -0.2) is 9.59 Å². The highest BCUT2D eigenvalue weighted by molar-refractivity contribution is 5.89. The van der Waals surface area contributed by atoms with Crippen molar-refractivity contribution in [2.75, 3.05) is 11.9 Å². The van der Waals surface area contributed by atoms with E-state index in [1.807, 2.05) is 13.0 Å². The molecule has 2 amide bonds. The van der Waals surface area contributed by atoms with Crippen molar-refractivity contribution in [3.05, 3.63) is 53.6 Å². The van der Waals surface area contributed by atoms with E-state index in [0.29, 0.717) is 37.2 Å². The van der Waals surface area contributed by atoms with Gasteiger partial charge in [-0.2, -0.15) is 0 Å². The summed E-state index contributed by atoms with van der Waals surface area (Å²) < 4.78 is 46.6. The zero-order valence-corrected chi connectivity index (χ0v) is 19.1. The van der Waals surface area contributed by atoms with E-state index >= 15 is 0 Å². The Balaban J connectivity index is 1.69. The van der Waals surface area contributed by atoms with Crippen LogP contribution in [0.5, 0.6) is 11.5 Å². The summed E-state index contributed by atoms with van der Waals surface area (Å²) in [5.41, 5.74) is 0.891. The van der Waals surface area contributed by atoms with Gasteiger partial charge in [-0.15, -0.1) is 13.2 Å². The molecule has 3 rings (SSSR count). The molecule has 0 saturated heterocycles. The third kappa shape index (κ3) is 6.12. The van der Waals surface area contributed by atoms with Crippen LogP contribution in [0.2, 0.25) is 0 Å². The number of nitrogens with zero attached hydrogens (tertiary/aromatic N) is 1. The molecule has 0 fully saturated rings. The highest BCUT2D eigenvalue weighted by Crippen LogP contribution is 2.34. The molecule has 0 saturated carbocycles. The third-order valence-corrected chi connectivity index (χ3v) is 5.67. The smallest absolute Gasteiger partial charge is 0.478 e. The van der Waals surface area contributed by atoms with Crippen LogP contribution in [0.3, 0.4) is 0 Å². The van der Waals surface area contributed by atoms with Crippen molar-refractivity contribution in [3.63, 3.8) is 0 Å². The lowest BCUT2D eigenvalue weighted by atomic mass is 9.86. The summed E-state index contributed by atoms with van der Waals surface area (Å²) in [7, 11) is 0. The van der Waals surface area contributed by atoms with Crippen molar-refractivity contribution in [3.8, 4) is 11.5 Å². The Kier molecular flexibility index (Phi) is 7.28. The molecular formula is C24H27F3N2O5. The molecule has 0 aromatic heterocycles. The number of alkyl halides is 3. The lowest BCUT2D eigenvalue weighted by molar-refractivity contribution is -0.274. The van der Waals surface area contributed by atoms with Gasteiger partial charge in [-0.3, -0.25) is 0 Å². The summed E-state index contributed by atoms with van der Waals surface area (Å²) in [5, 5.41) is 12.1. The lowest BCUT2D eigenvalue weighted by Crippen LogP contribution is -2.45. The van der Waals surface area contributed by atoms with E-state index in [9.17, 15) is 27.9 Å². The fourth-order valence-electron chi connectivity index (χ4n) is 3.94. The second-order valence-electron chi connectivity index (χ2n) is 8.50. The Hall–Kier alpha value is -3.43. The summed E-state index contributed by atoms with van der Waals surface area (Å²) in [5.74, 6) is -0.909. The van der Waals surface area contributed by atoms with Crippen molar-refractivity contribution in [2.45, 2.75) is 58.0 Å². The number of carboxylic acids is 1. The maximum Gasteiger partial charge on any atom is 0.573 e. The number of nitrogens with one attached hydrogen (secondary N) is 1. The molecular weight excluding hydrogens is 453 g/mol. The second kappa shape index (κ2) is 9.82. The molecule has 2 N–H and O–H groups in total. The van der Waals surface area contributed by atoms with Crippen molar-refractivity contribution >= 4 is 17.7 Å². The van der Waals surface area contributed by atoms with Crippen LogP contribution in [-0.2, 0) is 17.6 Å². The maximum atomic E-state index is 12.9. The van der Waals surface area contributed by atoms with Crippen molar-refractivity contribution < 1.29 is 37.3 Å². The number of rotatable bonds is 7. The van der Waals surface area contributed by atoms with Crippen LogP contribution in [0.4, 0.5) is 23.7 Å². The first-order valence-corrected chi connectivity index (χ1v) is 10.9. The number of anilines is 1. The van der Waals surface area contributed by atoms with Crippen LogP contribution in [0.25, 0.3) is 0 Å². The number of hydrogen-bond donors (Lipinski definition) is 2. The maximum absolute atomic E-state index is 12.9. The van der Waals surface area contributed by atoms with Gasteiger partial charge in [0.05, 0.1) is 0 Å². The van der Waals surface area contributed by atoms with Crippen molar-refractivity contribution in [1.82, 2.24) is 4.90 Å². The number of likely N-dealkylation sites (N-methyl/N-ethyl adjacent to an activating group) is 1. The molecule has 2 aromatic rings. The fraction of sp³-hybridized carbons (Fsp3) is 0.417. The summed E-state index contributed by atoms with van der Waals surface area (Å²) >= 11 is 0. The average Bonchev–Trinajstić information content (AvgIpc) is 2.74. The summed E-state index contributed by atoms with van der Waals surface area (Å²) in [6.07, 6.45) is -2.95. The quantitative estimate of drug-likeness (QED) is 0.566. The van der Waals surface area contributed by atoms with E-state index in [1.54, 1.807) is 17.0 Å². The summed E-state index contributed by atoms with van der Waals surface area (Å²) in [6.45, 7) is 5.27. The number of hydrogen-bond acceptors (Lipinski definition) is 4. The number of carbonyl (C=O) groups is 2. The minimum atomic E-state index is -4.78. The van der Waals surface area contributed by atoms with E-state index in [4.69, 9.17) is 4.74 Å². The normalized spacial score (nSPS) is 15.8. The number of ether oxygens (including phenoxy) is 2. The molecule has 1 atom stereocenters. The van der Waals surface area contributed by atoms with Crippen LogP contribution >= 0.6 is 0 Å². The van der Waals surface area contributed by atoms with Gasteiger partial charge in [0.2, 0.25) is 0 Å². The van der Waals surface area contributed by atoms with Gasteiger partial charge >= 0.3 is 18.4 Å². The predicted molar refractivity (Wildman–Crippen MR) is 119 cm³/mol. The Bertz CT molecular complexity index is 1040. The van der Waals surface area contributed by atoms with Gasteiger partial charge in [-0.1, -0.05) is 12.1 Å². The Labute approximate surface area is 195 Å². The molecule has 34 heavy (non-hydrogen) atoms. The molecule has 1 unspecified atom stereocenters. The lowest BCUT2D eigenvalue weighted by Gasteiger charge is -2.35. The molecule has 0 aliphatic heterocycles. The molecule has 0 spiro atoms. The number of fused-ring (bicyclic) bond motifs is 1. The highest BCUT2D eigenvalue weighted by Gasteiger charge is 2.33. The Morgan fingerprint density at radius 2 is 1.79 bits per heavy atom. The number of aliphatic carboxylic acids is 1. The van der Waals surface area contributed by atoms with Crippen LogP contribution in [-0.4, -0.2) is 46.6 Å². The van der Waals surface area contributed by atoms with E-state index in [2.05, 4.69) is 10.1 Å². The van der Waals surface area contributed by atoms with Gasteiger partial charge in [-0.05, 0) is 81.5 Å². The van der Waals surface area contributed by atoms with Gasteiger partial charge < -0.3 is 24.8 Å². The predicted octanol–water partition coefficient (Wildman–Crippen LogP) is 5.24. The first-order valence-electron chi connectivity index (χ1n) is 10.9. The van der Waals surface area contributed by atoms with Gasteiger partial charge in [0.15, 0.2) is 5.60 Å². The van der Waals surface area contributed by atoms with E-state index < -0.39 is 17.9 Å². The number of carbonyl (C=O) groups excluding carboxylic acids is 1. The SMILES string of the molecule is CCN(C(=O)Nc1ccc(OC(F)(F)F)cc1)C1CCc2c(cccc2OC(C)(C)C(=O)O)C1. The second-order valence-corrected chi connectivity index (χ2v) is 8.50. The molecule has 7 nitrogen and oxygen atoms in total. The molecule has 184 valence electrons. The van der Waals surface area contributed by atoms with Crippen LogP contribution in [0, 0.1) is 0 Å². The van der Waals surface area contributed by atoms with Crippen LogP contribution < -0.4 is 14.8 Å². The number of urea groups is 1. The fourth-order valence-corrected chi connectivity index (χ4v) is 3.94. The molecule has 0 bridgehead atoms. The van der Waals surface area contributed by atoms with Crippen molar-refractivity contribution in [1.29, 1.82) is 0 Å². The molecule has 1 aliphatic carbocycles. The van der Waals surface area contributed by atoms with Crippen molar-refractivity contribution in [2.24, 2.45) is 0 Å². The number of benzene rings is 2. The van der Waals surface area contributed by atoms with Crippen LogP contribution in [0.1, 0.15) is 38.3 Å². The zero-order chi connectivity index (χ0) is 25.1. The Morgan fingerprint density at radius 1 is 1.12 bits per heavy atom. The summed E-state index contributed by atoms with van der Waals surface area (Å²) in [6, 6.07) is 9.98. The average molecular weight is 480 g/mol. The minimum absolute atomic E-state index is 0.104. The molecule has 0 radical (unpaired) electrons. The van der Waals surface area contributed by atoms with E-state index in [0.717, 1.165) is 23.3 Å². The first kappa shape index (κ1) is 25.2. The zero-order valence-electron chi connectivity index (χ0n) is 19.1. The number of carboxylic acid groups (broad SMARTS) is 1. The number of amides is 2. The molecule has 2 aromatic carbocycles. The largest absolute Gasteiger partial charge is 0.573 e. The first-order chi connectivity index (χ1) is 15.9. The van der Waals surface area contributed by atoms with E-state index in [1.165, 1.54) is 26.0 Å².